The predicted molar refractivity (Wildman–Crippen MR) is 245 cm³/mol. The Bertz CT molecular complexity index is 3090. The van der Waals surface area contributed by atoms with Gasteiger partial charge in [0.15, 0.2) is 0 Å². The summed E-state index contributed by atoms with van der Waals surface area (Å²) in [7, 11) is 0. The first-order valence-corrected chi connectivity index (χ1v) is 20.1. The van der Waals surface area contributed by atoms with Gasteiger partial charge in [0.1, 0.15) is 0 Å². The highest BCUT2D eigenvalue weighted by molar-refractivity contribution is 6.13. The lowest BCUT2D eigenvalue weighted by Crippen LogP contribution is -2.18. The van der Waals surface area contributed by atoms with E-state index < -0.39 is 0 Å². The Balaban J connectivity index is 1.12. The zero-order chi connectivity index (χ0) is 38.8. The van der Waals surface area contributed by atoms with Crippen LogP contribution in [0.5, 0.6) is 0 Å². The van der Waals surface area contributed by atoms with Crippen LogP contribution in [0, 0.1) is 0 Å². The molecule has 0 spiro atoms. The molecular formula is C55H41N3. The average Bonchev–Trinajstić information content (AvgIpc) is 3.73. The van der Waals surface area contributed by atoms with Gasteiger partial charge in [-0.15, -0.1) is 0 Å². The second-order valence-corrected chi connectivity index (χ2v) is 15.8. The van der Waals surface area contributed by atoms with E-state index in [4.69, 9.17) is 0 Å². The third-order valence-corrected chi connectivity index (χ3v) is 12.1. The lowest BCUT2D eigenvalue weighted by atomic mass is 9.81. The lowest BCUT2D eigenvalue weighted by Gasteiger charge is -2.30. The van der Waals surface area contributed by atoms with Crippen molar-refractivity contribution < 1.29 is 0 Å². The third kappa shape index (κ3) is 5.28. The lowest BCUT2D eigenvalue weighted by molar-refractivity contribution is 0.661. The zero-order valence-corrected chi connectivity index (χ0v) is 32.5. The molecule has 58 heavy (non-hydrogen) atoms. The number of hydrogen-bond donors (Lipinski definition) is 0. The summed E-state index contributed by atoms with van der Waals surface area (Å²) in [5.74, 6) is 0. The van der Waals surface area contributed by atoms with Crippen molar-refractivity contribution >= 4 is 66.7 Å². The smallest absolute Gasteiger partial charge is 0.0543 e. The van der Waals surface area contributed by atoms with Crippen molar-refractivity contribution in [2.24, 2.45) is 0 Å². The summed E-state index contributed by atoms with van der Waals surface area (Å²) >= 11 is 0. The van der Waals surface area contributed by atoms with Crippen LogP contribution in [0.25, 0.3) is 49.4 Å². The summed E-state index contributed by atoms with van der Waals surface area (Å²) in [4.78, 5) is 4.83. The van der Waals surface area contributed by atoms with Gasteiger partial charge in [-0.05, 0) is 119 Å². The van der Waals surface area contributed by atoms with Gasteiger partial charge in [0.2, 0.25) is 0 Å². The first-order chi connectivity index (χ1) is 28.6. The van der Waals surface area contributed by atoms with Crippen molar-refractivity contribution in [3.63, 3.8) is 0 Å². The third-order valence-electron chi connectivity index (χ3n) is 12.1. The first kappa shape index (κ1) is 33.9. The van der Waals surface area contributed by atoms with Crippen molar-refractivity contribution in [3.05, 3.63) is 223 Å². The van der Waals surface area contributed by atoms with E-state index in [1.807, 2.05) is 0 Å². The second-order valence-electron chi connectivity index (χ2n) is 15.8. The minimum absolute atomic E-state index is 0.270. The standard InChI is InChI=1S/C55H41N3/c1-55(2)49-36-43(56(38-19-7-3-8-20-38)39-21-9-4-10-22-39)31-33-47(49)54-46-29-16-15-27-44(46)53(37-50(54)55)57(40-23-11-5-12-24-40)42-32-34-52-48(35-42)45-28-17-18-30-51(45)58(52)41-25-13-6-14-26-41/h3-37H,1-2H3. The summed E-state index contributed by atoms with van der Waals surface area (Å²) < 4.78 is 2.39. The van der Waals surface area contributed by atoms with Gasteiger partial charge in [-0.25, -0.2) is 0 Å². The maximum Gasteiger partial charge on any atom is 0.0543 e. The van der Waals surface area contributed by atoms with E-state index in [0.717, 1.165) is 34.1 Å². The Hall–Kier alpha value is -7.36. The SMILES string of the molecule is CC1(C)c2cc(N(c3ccccc3)c3ccccc3)ccc2-c2c1cc(N(c1ccccc1)c1ccc3c(c1)c1ccccc1n3-c1ccccc1)c1ccccc21. The Morgan fingerprint density at radius 1 is 0.362 bits per heavy atom. The molecule has 0 fully saturated rings. The first-order valence-electron chi connectivity index (χ1n) is 20.1. The normalized spacial score (nSPS) is 12.8. The Labute approximate surface area is 339 Å². The molecule has 3 nitrogen and oxygen atoms in total. The number of rotatable bonds is 7. The molecule has 10 aromatic rings. The number of fused-ring (bicyclic) bond motifs is 8. The average molecular weight is 744 g/mol. The molecule has 1 aromatic heterocycles. The quantitative estimate of drug-likeness (QED) is 0.161. The molecule has 0 bridgehead atoms. The molecule has 11 rings (SSSR count). The molecule has 1 aliphatic carbocycles. The van der Waals surface area contributed by atoms with Crippen LogP contribution >= 0.6 is 0 Å². The number of aromatic nitrogens is 1. The van der Waals surface area contributed by atoms with E-state index in [-0.39, 0.29) is 5.41 Å². The number of para-hydroxylation sites is 5. The number of nitrogens with zero attached hydrogens (tertiary/aromatic N) is 3. The molecule has 1 aliphatic rings. The highest BCUT2D eigenvalue weighted by atomic mass is 15.1. The fourth-order valence-electron chi connectivity index (χ4n) is 9.44. The minimum Gasteiger partial charge on any atom is -0.310 e. The molecule has 0 saturated heterocycles. The van der Waals surface area contributed by atoms with E-state index in [1.165, 1.54) is 60.5 Å². The van der Waals surface area contributed by atoms with Crippen LogP contribution < -0.4 is 9.80 Å². The Kier molecular flexibility index (Phi) is 7.84. The fourth-order valence-corrected chi connectivity index (χ4v) is 9.44. The van der Waals surface area contributed by atoms with E-state index in [0.29, 0.717) is 0 Å². The van der Waals surface area contributed by atoms with Crippen LogP contribution in [0.1, 0.15) is 25.0 Å². The predicted octanol–water partition coefficient (Wildman–Crippen LogP) is 15.2. The highest BCUT2D eigenvalue weighted by Crippen LogP contribution is 2.56. The molecule has 0 aliphatic heterocycles. The van der Waals surface area contributed by atoms with Crippen molar-refractivity contribution in [1.82, 2.24) is 4.57 Å². The molecule has 0 amide bonds. The maximum absolute atomic E-state index is 2.48. The van der Waals surface area contributed by atoms with Crippen LogP contribution in [-0.4, -0.2) is 4.57 Å². The monoisotopic (exact) mass is 743 g/mol. The fraction of sp³-hybridized carbons (Fsp3) is 0.0545. The summed E-state index contributed by atoms with van der Waals surface area (Å²) in [6.07, 6.45) is 0. The number of anilines is 6. The van der Waals surface area contributed by atoms with Crippen LogP contribution in [0.2, 0.25) is 0 Å². The molecule has 0 unspecified atom stereocenters. The van der Waals surface area contributed by atoms with Gasteiger partial charge < -0.3 is 14.4 Å². The maximum atomic E-state index is 2.48. The van der Waals surface area contributed by atoms with Crippen molar-refractivity contribution in [3.8, 4) is 16.8 Å². The molecule has 276 valence electrons. The molecule has 0 radical (unpaired) electrons. The van der Waals surface area contributed by atoms with Crippen molar-refractivity contribution in [2.45, 2.75) is 19.3 Å². The van der Waals surface area contributed by atoms with Crippen LogP contribution in [0.4, 0.5) is 34.1 Å². The van der Waals surface area contributed by atoms with Gasteiger partial charge in [-0.2, -0.15) is 0 Å². The molecule has 0 atom stereocenters. The summed E-state index contributed by atoms with van der Waals surface area (Å²) in [5.41, 5.74) is 15.4. The second kappa shape index (κ2) is 13.4. The summed E-state index contributed by atoms with van der Waals surface area (Å²) in [5, 5.41) is 4.95. The van der Waals surface area contributed by atoms with Crippen LogP contribution in [0.3, 0.4) is 0 Å². The van der Waals surface area contributed by atoms with Gasteiger partial charge in [0, 0.05) is 55.7 Å². The van der Waals surface area contributed by atoms with Crippen molar-refractivity contribution in [2.75, 3.05) is 9.80 Å². The van der Waals surface area contributed by atoms with Crippen LogP contribution in [0.15, 0.2) is 212 Å². The summed E-state index contributed by atoms with van der Waals surface area (Å²) in [6.45, 7) is 4.79. The number of hydrogen-bond acceptors (Lipinski definition) is 2. The highest BCUT2D eigenvalue weighted by Gasteiger charge is 2.38. The van der Waals surface area contributed by atoms with Gasteiger partial charge in [0.25, 0.3) is 0 Å². The van der Waals surface area contributed by atoms with E-state index in [2.05, 4.69) is 241 Å². The topological polar surface area (TPSA) is 11.4 Å². The molecular weight excluding hydrogens is 703 g/mol. The largest absolute Gasteiger partial charge is 0.310 e. The van der Waals surface area contributed by atoms with Gasteiger partial charge in [-0.3, -0.25) is 0 Å². The van der Waals surface area contributed by atoms with E-state index in [9.17, 15) is 0 Å². The van der Waals surface area contributed by atoms with Gasteiger partial charge in [0.05, 0.1) is 16.7 Å². The van der Waals surface area contributed by atoms with E-state index in [1.54, 1.807) is 0 Å². The van der Waals surface area contributed by atoms with E-state index >= 15 is 0 Å². The van der Waals surface area contributed by atoms with Gasteiger partial charge in [-0.1, -0.05) is 135 Å². The summed E-state index contributed by atoms with van der Waals surface area (Å²) in [6, 6.07) is 77.2. The molecule has 3 heteroatoms. The molecule has 1 heterocycles. The van der Waals surface area contributed by atoms with Crippen molar-refractivity contribution in [1.29, 1.82) is 0 Å². The molecule has 0 N–H and O–H groups in total. The minimum atomic E-state index is -0.270. The van der Waals surface area contributed by atoms with Gasteiger partial charge >= 0.3 is 0 Å². The molecule has 9 aromatic carbocycles. The zero-order valence-electron chi connectivity index (χ0n) is 32.5. The Morgan fingerprint density at radius 2 is 0.862 bits per heavy atom. The molecule has 0 saturated carbocycles. The van der Waals surface area contributed by atoms with Crippen LogP contribution in [-0.2, 0) is 5.41 Å². The Morgan fingerprint density at radius 3 is 1.52 bits per heavy atom. The number of benzene rings is 9.